The van der Waals surface area contributed by atoms with Gasteiger partial charge >= 0.3 is 77.3 Å². The van der Waals surface area contributed by atoms with Gasteiger partial charge in [0.25, 0.3) is 0 Å². The molecule has 12 aromatic rings. The van der Waals surface area contributed by atoms with Gasteiger partial charge in [-0.3, -0.25) is 38.4 Å². The Bertz CT molecular complexity index is 5520. The summed E-state index contributed by atoms with van der Waals surface area (Å²) in [4.78, 5) is 161. The third-order valence-corrected chi connectivity index (χ3v) is 19.4. The first-order valence-electron chi connectivity index (χ1n) is 38.7. The molecule has 0 aliphatic heterocycles. The number of fused-ring (bicyclic) bond motifs is 6. The molecule has 0 aliphatic carbocycles. The summed E-state index contributed by atoms with van der Waals surface area (Å²) in [6.45, 7) is 15.7. The summed E-state index contributed by atoms with van der Waals surface area (Å²) >= 11 is 33.2. The number of aryl methyl sites for hydroxylation is 5. The Labute approximate surface area is 862 Å². The number of aliphatic hydroxyl groups excluding tert-OH is 4. The molecule has 0 unspecified atom stereocenters. The number of anilines is 6. The number of ether oxygens (including phenoxy) is 7. The van der Waals surface area contributed by atoms with Crippen LogP contribution in [0.4, 0.5) is 35.7 Å². The molecule has 0 spiro atoms. The second-order valence-corrected chi connectivity index (χ2v) is 29.6. The quantitative estimate of drug-likeness (QED) is 0.00578. The molecule has 757 valence electrons. The smallest absolute Gasteiger partial charge is 1.00 e. The van der Waals surface area contributed by atoms with E-state index in [2.05, 4.69) is 157 Å². The zero-order valence-corrected chi connectivity index (χ0v) is 82.4. The fourth-order valence-electron chi connectivity index (χ4n) is 10.2. The number of H-pyrrole nitrogens is 1. The Morgan fingerprint density at radius 1 is 0.394 bits per heavy atom. The second kappa shape index (κ2) is 72.8. The number of carbonyl (C=O) groups is 8. The van der Waals surface area contributed by atoms with Gasteiger partial charge in [0.2, 0.25) is 35.7 Å². The van der Waals surface area contributed by atoms with Crippen LogP contribution in [0.3, 0.4) is 0 Å². The molecular formula is C79H124BBr3Cl4N30NaO19. The van der Waals surface area contributed by atoms with Crippen LogP contribution < -0.4 is 64.0 Å². The SMILES string of the molecule is BrCCBr.C.C.C.C.C.C.CC(=O)OC(C)=O.CC(=O)OCC(CCn1cnc2cnc(N)nc21)COC(C)=O.CCOC(=O)C(CCn1cnc2c(Cl)nc(N)nc21)C(=O)OCC.CCOC(=O)CC(=O)OCC.Nc1nc(Cl)c2[nH]cnc2n1.Nc1nc(Cl)c2ncn(CCBr)c2n1.Nc1nc(Cl)c2ncn(CCC(CO)CO)c2n1.Nc1ncc2ncn(CCC(CO)CO)c2n1.[B].[H-].[Na+]. The number of rotatable bonds is 31. The molecule has 3 radical (unpaired) electrons. The van der Waals surface area contributed by atoms with Gasteiger partial charge in [-0.15, -0.1) is 0 Å². The van der Waals surface area contributed by atoms with Gasteiger partial charge in [-0.2, -0.15) is 49.8 Å². The van der Waals surface area contributed by atoms with Crippen molar-refractivity contribution in [2.24, 2.45) is 23.7 Å². The molecule has 0 aromatic carbocycles. The third-order valence-electron chi connectivity index (χ3n) is 16.1. The van der Waals surface area contributed by atoms with Crippen molar-refractivity contribution in [3.8, 4) is 0 Å². The minimum absolute atomic E-state index is 0. The molecule has 0 amide bonds. The zero-order chi connectivity index (χ0) is 95.8. The molecule has 0 atom stereocenters. The van der Waals surface area contributed by atoms with Gasteiger partial charge in [-0.25, -0.2) is 39.9 Å². The van der Waals surface area contributed by atoms with Crippen LogP contribution >= 0.6 is 94.2 Å². The summed E-state index contributed by atoms with van der Waals surface area (Å²) in [6, 6.07) is 0. The number of esters is 8. The maximum atomic E-state index is 12.0. The first-order valence-corrected chi connectivity index (χ1v) is 43.6. The fourth-order valence-corrected chi connectivity index (χ4v) is 11.5. The Morgan fingerprint density at radius 2 is 0.708 bits per heavy atom. The third kappa shape index (κ3) is 47.7. The number of halogens is 7. The van der Waals surface area contributed by atoms with E-state index in [0.29, 0.717) is 116 Å². The van der Waals surface area contributed by atoms with Crippen molar-refractivity contribution in [1.29, 1.82) is 0 Å². The molecule has 12 aromatic heterocycles. The molecule has 0 saturated heterocycles. The van der Waals surface area contributed by atoms with Crippen molar-refractivity contribution >= 4 is 253 Å². The molecule has 0 aliphatic rings. The van der Waals surface area contributed by atoms with E-state index in [9.17, 15) is 38.4 Å². The Balaban J connectivity index is -0.000000362. The molecule has 12 rings (SSSR count). The van der Waals surface area contributed by atoms with Crippen molar-refractivity contribution in [3.05, 3.63) is 71.0 Å². The molecular weight excluding hydrogens is 2090 g/mol. The maximum Gasteiger partial charge on any atom is 1.00 e. The Kier molecular flexibility index (Phi) is 71.8. The van der Waals surface area contributed by atoms with Gasteiger partial charge in [0, 0.05) is 129 Å². The monoisotopic (exact) mass is 2210 g/mol. The number of nitrogens with one attached hydrogen (secondary N) is 1. The molecule has 49 nitrogen and oxygen atoms in total. The van der Waals surface area contributed by atoms with Crippen molar-refractivity contribution in [3.63, 3.8) is 0 Å². The number of alkyl halides is 3. The molecule has 0 bridgehead atoms. The summed E-state index contributed by atoms with van der Waals surface area (Å²) in [5.74, 6) is -4.78. The number of nitrogen functional groups attached to an aromatic ring is 6. The van der Waals surface area contributed by atoms with E-state index in [1.165, 1.54) is 40.3 Å². The van der Waals surface area contributed by atoms with E-state index in [4.69, 9.17) is 120 Å². The van der Waals surface area contributed by atoms with Gasteiger partial charge in [0.05, 0.1) is 90.0 Å². The van der Waals surface area contributed by atoms with Crippen LogP contribution in [0.2, 0.25) is 20.6 Å². The first-order chi connectivity index (χ1) is 61.5. The minimum Gasteiger partial charge on any atom is -1.00 e. The van der Waals surface area contributed by atoms with Crippen LogP contribution in [0.25, 0.3) is 67.0 Å². The maximum absolute atomic E-state index is 12.0. The Hall–Kier alpha value is -10.4. The molecule has 0 saturated carbocycles. The number of hydrogen-bond donors (Lipinski definition) is 11. The summed E-state index contributed by atoms with van der Waals surface area (Å²) in [6.07, 6.45) is 14.5. The van der Waals surface area contributed by atoms with Gasteiger partial charge in [-0.05, 0) is 53.4 Å². The van der Waals surface area contributed by atoms with Crippen molar-refractivity contribution in [1.82, 2.24) is 118 Å². The van der Waals surface area contributed by atoms with Gasteiger partial charge < -0.3 is 117 Å². The molecule has 0 fully saturated rings. The van der Waals surface area contributed by atoms with Gasteiger partial charge in [0.1, 0.15) is 39.5 Å². The first kappa shape index (κ1) is 135. The molecule has 137 heavy (non-hydrogen) atoms. The average Bonchev–Trinajstić information content (AvgIpc) is 1.66. The zero-order valence-electron chi connectivity index (χ0n) is 73.6. The number of hydrogen-bond acceptors (Lipinski definition) is 43. The van der Waals surface area contributed by atoms with Crippen molar-refractivity contribution in [2.45, 2.75) is 165 Å². The number of aliphatic hydroxyl groups is 4. The van der Waals surface area contributed by atoms with E-state index < -0.39 is 41.7 Å². The van der Waals surface area contributed by atoms with Crippen LogP contribution in [0.1, 0.15) is 133 Å². The summed E-state index contributed by atoms with van der Waals surface area (Å²) in [7, 11) is 0. The average molecular weight is 2210 g/mol. The van der Waals surface area contributed by atoms with Crippen LogP contribution in [0, 0.1) is 23.7 Å². The number of nitrogens with two attached hydrogens (primary N) is 6. The van der Waals surface area contributed by atoms with Crippen molar-refractivity contribution < 1.29 is 123 Å². The molecule has 58 heteroatoms. The number of nitrogens with zero attached hydrogens (tertiary/aromatic N) is 23. The fraction of sp³-hybridized carbons (Fsp3) is 0.519. The predicted molar refractivity (Wildman–Crippen MR) is 531 cm³/mol. The summed E-state index contributed by atoms with van der Waals surface area (Å²) in [5.41, 5.74) is 39.9. The summed E-state index contributed by atoms with van der Waals surface area (Å²) in [5, 5.41) is 39.8. The van der Waals surface area contributed by atoms with E-state index in [-0.39, 0.29) is 245 Å². The van der Waals surface area contributed by atoms with Crippen LogP contribution in [-0.2, 0) is 104 Å². The van der Waals surface area contributed by atoms with Crippen LogP contribution in [0.5, 0.6) is 0 Å². The van der Waals surface area contributed by atoms with Crippen molar-refractivity contribution in [2.75, 3.05) is 116 Å². The van der Waals surface area contributed by atoms with Gasteiger partial charge in [-0.1, -0.05) is 139 Å². The second-order valence-electron chi connectivity index (χ2n) is 25.8. The normalized spacial score (nSPS) is 10.0. The topological polar surface area (TPSA) is 711 Å². The minimum atomic E-state index is -1.02. The predicted octanol–water partition coefficient (Wildman–Crippen LogP) is 6.16. The number of imidazole rings is 6. The standard InChI is InChI=1S/C14H18ClN5O4.C14H19N5O4.C10H14ClN5O2.C10H15N5O2.C7H7BrClN5.C7H12O4.C5H4ClN5.C4H6O3.C2H4Br2.6CH4.B.Na.H/c1-3-23-12(21)8(13(22)24-4-2)5-6-20-7-17-9-10(15)18-14(16)19-11(9)20;1-9(20)22-6-11(7-23-10(2)21)3-4-19-8-17-12-5-16-14(15)18-13(12)19;11-8-7-9(15-10(12)14-8)16(5-13-7)2-1-6(3-17)4-18;11-10-12-3-8-9(14-10)15(6-13-8)2-1-7(4-16)5-17;8-1-2-14-3-11-4-5(9)12-7(10)13-6(4)14;1-3-10-6(8)5-7(9)11-4-2;6-3-2-4(9-1-8-2)11-5(7)10-3;1-3(5)7-4(2)6;3-1-2-4;;;;;;;;;/h7-8H,3-6H2,1-2H3,(H2,16,18,19);5,8,11H,3-4,6-7H2,1-2H3,(H2,15,16,18);5-6,17-18H,1-4H2,(H2,12,14,15);3,6-7,16-17H,1-2,4-5H2,(H2,11,12,14);3H,1-2H2,(H2,10,12,13);3-5H2,1-2H3;1H,(H3,7,8,9,10,11);1-2H3;1-2H2;6*1H4;;;/q;;;;;;;;;;;;;;;;+1;-1. The molecule has 17 N–H and O–H groups in total. The summed E-state index contributed by atoms with van der Waals surface area (Å²) < 4.78 is 41.9. The number of aromatic nitrogens is 24. The Morgan fingerprint density at radius 3 is 1.03 bits per heavy atom. The van der Waals surface area contributed by atoms with E-state index >= 15 is 0 Å². The number of carbonyl (C=O) groups excluding carboxylic acids is 8. The largest absolute Gasteiger partial charge is 1.00 e. The van der Waals surface area contributed by atoms with Gasteiger partial charge in [0.15, 0.2) is 60.4 Å². The number of aromatic amines is 1. The molecule has 12 heterocycles. The van der Waals surface area contributed by atoms with E-state index in [1.54, 1.807) is 74.5 Å². The van der Waals surface area contributed by atoms with E-state index in [0.717, 1.165) is 22.5 Å². The van der Waals surface area contributed by atoms with E-state index in [1.807, 2.05) is 13.7 Å². The van der Waals surface area contributed by atoms with Crippen LogP contribution in [0.15, 0.2) is 50.4 Å². The van der Waals surface area contributed by atoms with Crippen LogP contribution in [-0.4, -0.2) is 276 Å².